The highest BCUT2D eigenvalue weighted by Gasteiger charge is 2.07. The Kier molecular flexibility index (Phi) is 6.62. The Hall–Kier alpha value is -0.0500. The third-order valence-electron chi connectivity index (χ3n) is 1.64. The maximum Gasteiger partial charge on any atom is 0.222 e. The van der Waals surface area contributed by atoms with Crippen molar-refractivity contribution >= 4 is 21.8 Å². The highest BCUT2D eigenvalue weighted by atomic mass is 79.9. The van der Waals surface area contributed by atoms with Gasteiger partial charge < -0.3 is 4.90 Å². The van der Waals surface area contributed by atoms with E-state index in [2.05, 4.69) is 15.9 Å². The van der Waals surface area contributed by atoms with Crippen molar-refractivity contribution in [2.75, 3.05) is 18.4 Å². The fourth-order valence-corrected chi connectivity index (χ4v) is 1.23. The number of hydrogen-bond acceptors (Lipinski definition) is 1. The second-order valence-electron chi connectivity index (χ2n) is 2.36. The number of halogens is 1. The molecule has 0 aliphatic carbocycles. The molecule has 0 heterocycles. The Morgan fingerprint density at radius 1 is 1.36 bits per heavy atom. The van der Waals surface area contributed by atoms with Crippen molar-refractivity contribution in [1.82, 2.24) is 4.90 Å². The summed E-state index contributed by atoms with van der Waals surface area (Å²) in [5.74, 6) is 0.273. The van der Waals surface area contributed by atoms with Crippen LogP contribution < -0.4 is 0 Å². The second kappa shape index (κ2) is 6.65. The SMILES string of the molecule is CCN(CC)C(=O)CCCBr. The van der Waals surface area contributed by atoms with E-state index in [1.54, 1.807) is 0 Å². The van der Waals surface area contributed by atoms with Crippen LogP contribution in [0.25, 0.3) is 0 Å². The Morgan fingerprint density at radius 3 is 2.27 bits per heavy atom. The van der Waals surface area contributed by atoms with Gasteiger partial charge in [-0.2, -0.15) is 0 Å². The molecule has 1 amide bonds. The molecule has 0 aliphatic heterocycles. The van der Waals surface area contributed by atoms with Gasteiger partial charge in [-0.15, -0.1) is 0 Å². The van der Waals surface area contributed by atoms with Crippen LogP contribution in [0.5, 0.6) is 0 Å². The van der Waals surface area contributed by atoms with Gasteiger partial charge in [-0.05, 0) is 20.3 Å². The summed E-state index contributed by atoms with van der Waals surface area (Å²) in [5, 5.41) is 0.917. The minimum atomic E-state index is 0.273. The van der Waals surface area contributed by atoms with E-state index in [0.717, 1.165) is 24.8 Å². The van der Waals surface area contributed by atoms with E-state index >= 15 is 0 Å². The van der Waals surface area contributed by atoms with Crippen molar-refractivity contribution in [3.8, 4) is 0 Å². The van der Waals surface area contributed by atoms with Crippen molar-refractivity contribution in [3.63, 3.8) is 0 Å². The van der Waals surface area contributed by atoms with E-state index < -0.39 is 0 Å². The molecule has 0 rings (SSSR count). The largest absolute Gasteiger partial charge is 0.343 e. The lowest BCUT2D eigenvalue weighted by Gasteiger charge is -2.17. The molecule has 0 saturated carbocycles. The number of amides is 1. The quantitative estimate of drug-likeness (QED) is 0.652. The standard InChI is InChI=1S/C8H16BrNO/c1-3-10(4-2)8(11)6-5-7-9/h3-7H2,1-2H3. The molecule has 0 aromatic heterocycles. The first-order chi connectivity index (χ1) is 5.26. The Labute approximate surface area is 77.1 Å². The first-order valence-corrected chi connectivity index (χ1v) is 5.22. The summed E-state index contributed by atoms with van der Waals surface area (Å²) in [6.07, 6.45) is 1.61. The Morgan fingerprint density at radius 2 is 1.91 bits per heavy atom. The van der Waals surface area contributed by atoms with E-state index in [1.165, 1.54) is 0 Å². The first kappa shape index (κ1) is 11.0. The normalized spacial score (nSPS) is 9.73. The molecule has 0 spiro atoms. The summed E-state index contributed by atoms with van der Waals surface area (Å²) in [4.78, 5) is 13.1. The average molecular weight is 222 g/mol. The van der Waals surface area contributed by atoms with Gasteiger partial charge >= 0.3 is 0 Å². The number of carbonyl (C=O) groups excluding carboxylic acids is 1. The van der Waals surface area contributed by atoms with Crippen LogP contribution in [0.15, 0.2) is 0 Å². The first-order valence-electron chi connectivity index (χ1n) is 4.10. The minimum absolute atomic E-state index is 0.273. The lowest BCUT2D eigenvalue weighted by molar-refractivity contribution is -0.130. The molecular weight excluding hydrogens is 206 g/mol. The monoisotopic (exact) mass is 221 g/mol. The summed E-state index contributed by atoms with van der Waals surface area (Å²) in [6.45, 7) is 5.68. The molecular formula is C8H16BrNO. The van der Waals surface area contributed by atoms with Crippen LogP contribution in [0.1, 0.15) is 26.7 Å². The van der Waals surface area contributed by atoms with Gasteiger partial charge in [0.1, 0.15) is 0 Å². The van der Waals surface area contributed by atoms with Crippen molar-refractivity contribution in [2.45, 2.75) is 26.7 Å². The maximum atomic E-state index is 11.3. The van der Waals surface area contributed by atoms with Crippen LogP contribution in [-0.4, -0.2) is 29.2 Å². The topological polar surface area (TPSA) is 20.3 Å². The van der Waals surface area contributed by atoms with Crippen molar-refractivity contribution in [3.05, 3.63) is 0 Å². The summed E-state index contributed by atoms with van der Waals surface area (Å²) in [6, 6.07) is 0. The fraction of sp³-hybridized carbons (Fsp3) is 0.875. The Balaban J connectivity index is 3.61. The molecule has 0 N–H and O–H groups in total. The lowest BCUT2D eigenvalue weighted by atomic mass is 10.3. The minimum Gasteiger partial charge on any atom is -0.343 e. The predicted molar refractivity (Wildman–Crippen MR) is 51.0 cm³/mol. The number of carbonyl (C=O) groups is 1. The van der Waals surface area contributed by atoms with Gasteiger partial charge in [-0.25, -0.2) is 0 Å². The van der Waals surface area contributed by atoms with Crippen LogP contribution in [0.3, 0.4) is 0 Å². The lowest BCUT2D eigenvalue weighted by Crippen LogP contribution is -2.30. The van der Waals surface area contributed by atoms with E-state index in [4.69, 9.17) is 0 Å². The maximum absolute atomic E-state index is 11.3. The zero-order chi connectivity index (χ0) is 8.69. The zero-order valence-corrected chi connectivity index (χ0v) is 8.85. The third kappa shape index (κ3) is 4.40. The summed E-state index contributed by atoms with van der Waals surface area (Å²) in [7, 11) is 0. The van der Waals surface area contributed by atoms with Crippen LogP contribution in [-0.2, 0) is 4.79 Å². The van der Waals surface area contributed by atoms with Crippen LogP contribution in [0.2, 0.25) is 0 Å². The van der Waals surface area contributed by atoms with E-state index in [9.17, 15) is 4.79 Å². The molecule has 0 atom stereocenters. The van der Waals surface area contributed by atoms with Gasteiger partial charge in [-0.1, -0.05) is 15.9 Å². The van der Waals surface area contributed by atoms with Gasteiger partial charge in [0.25, 0.3) is 0 Å². The zero-order valence-electron chi connectivity index (χ0n) is 7.27. The van der Waals surface area contributed by atoms with Gasteiger partial charge in [-0.3, -0.25) is 4.79 Å². The molecule has 0 aliphatic rings. The summed E-state index contributed by atoms with van der Waals surface area (Å²) >= 11 is 3.30. The van der Waals surface area contributed by atoms with Gasteiger partial charge in [0, 0.05) is 24.8 Å². The smallest absolute Gasteiger partial charge is 0.222 e. The van der Waals surface area contributed by atoms with Gasteiger partial charge in [0.15, 0.2) is 0 Å². The van der Waals surface area contributed by atoms with Crippen LogP contribution in [0.4, 0.5) is 0 Å². The van der Waals surface area contributed by atoms with Gasteiger partial charge in [0.05, 0.1) is 0 Å². The number of hydrogen-bond donors (Lipinski definition) is 0. The highest BCUT2D eigenvalue weighted by Crippen LogP contribution is 1.99. The number of nitrogens with zero attached hydrogens (tertiary/aromatic N) is 1. The second-order valence-corrected chi connectivity index (χ2v) is 3.15. The molecule has 0 fully saturated rings. The number of alkyl halides is 1. The summed E-state index contributed by atoms with van der Waals surface area (Å²) in [5.41, 5.74) is 0. The van der Waals surface area contributed by atoms with Crippen molar-refractivity contribution in [2.24, 2.45) is 0 Å². The molecule has 0 saturated heterocycles. The molecule has 0 aromatic rings. The van der Waals surface area contributed by atoms with Crippen molar-refractivity contribution < 1.29 is 4.79 Å². The predicted octanol–water partition coefficient (Wildman–Crippen LogP) is 2.03. The molecule has 0 bridgehead atoms. The van der Waals surface area contributed by atoms with Crippen LogP contribution >= 0.6 is 15.9 Å². The molecule has 0 radical (unpaired) electrons. The average Bonchev–Trinajstić information content (AvgIpc) is 2.03. The molecule has 2 nitrogen and oxygen atoms in total. The van der Waals surface area contributed by atoms with E-state index in [-0.39, 0.29) is 5.91 Å². The number of rotatable bonds is 5. The van der Waals surface area contributed by atoms with Crippen LogP contribution in [0, 0.1) is 0 Å². The summed E-state index contributed by atoms with van der Waals surface area (Å²) < 4.78 is 0. The molecule has 0 unspecified atom stereocenters. The molecule has 11 heavy (non-hydrogen) atoms. The fourth-order valence-electron chi connectivity index (χ4n) is 0.952. The Bertz CT molecular complexity index is 113. The van der Waals surface area contributed by atoms with Crippen molar-refractivity contribution in [1.29, 1.82) is 0 Å². The highest BCUT2D eigenvalue weighted by molar-refractivity contribution is 9.09. The van der Waals surface area contributed by atoms with E-state index in [1.807, 2.05) is 18.7 Å². The molecule has 3 heteroatoms. The van der Waals surface area contributed by atoms with E-state index in [0.29, 0.717) is 6.42 Å². The molecule has 0 aromatic carbocycles. The van der Waals surface area contributed by atoms with Gasteiger partial charge in [0.2, 0.25) is 5.91 Å². The third-order valence-corrected chi connectivity index (χ3v) is 2.20. The molecule has 66 valence electrons.